The van der Waals surface area contributed by atoms with E-state index in [4.69, 9.17) is 13.8 Å². The minimum absolute atomic E-state index is 0.0162. The topological polar surface area (TPSA) is 114 Å². The van der Waals surface area contributed by atoms with Crippen molar-refractivity contribution < 1.29 is 37.3 Å². The van der Waals surface area contributed by atoms with Gasteiger partial charge in [0, 0.05) is 12.8 Å². The summed E-state index contributed by atoms with van der Waals surface area (Å²) in [5.74, 6) is -0.511. The molecule has 0 aliphatic carbocycles. The normalized spacial score (nSPS) is 13.5. The predicted octanol–water partition coefficient (Wildman–Crippen LogP) is 22.8. The van der Waals surface area contributed by atoms with E-state index in [1.54, 1.807) is 0 Å². The number of unbranched alkanes of at least 4 members (excludes halogenated alkanes) is 53. The minimum atomic E-state index is -4.70. The highest BCUT2D eigenvalue weighted by atomic mass is 31.2. The standard InChI is InChI=1S/C73H145N2O7P/c1-7-10-13-16-19-22-25-28-30-32-34-36-37-39-40-42-44-47-50-53-56-59-62-65-72(76)74-70(69-81-83(78,79)80-68-67-75(4,5)6)71(64-61-58-55-52-49-46-27-24-21-18-15-12-9-3)82-73(77)66-63-60-57-54-51-48-45-43-41-38-35-33-31-29-26-23-20-17-14-11-8-2/h61,64,70-71H,7-60,62-63,65-69H2,1-6H3,(H-,74,76,78,79)/b64-61+. The van der Waals surface area contributed by atoms with E-state index in [0.29, 0.717) is 17.4 Å². The fourth-order valence-electron chi connectivity index (χ4n) is 11.5. The second-order valence-electron chi connectivity index (χ2n) is 26.8. The number of ether oxygens (including phenoxy) is 1. The molecule has 494 valence electrons. The maximum atomic E-state index is 13.6. The van der Waals surface area contributed by atoms with Crippen LogP contribution in [-0.2, 0) is 27.9 Å². The molecule has 0 aliphatic heterocycles. The second kappa shape index (κ2) is 63.8. The van der Waals surface area contributed by atoms with Crippen molar-refractivity contribution >= 4 is 19.7 Å². The van der Waals surface area contributed by atoms with E-state index in [1.165, 1.54) is 302 Å². The van der Waals surface area contributed by atoms with Gasteiger partial charge in [0.15, 0.2) is 0 Å². The first kappa shape index (κ1) is 81.8. The van der Waals surface area contributed by atoms with Gasteiger partial charge in [0.1, 0.15) is 19.3 Å². The average molecular weight is 1190 g/mol. The summed E-state index contributed by atoms with van der Waals surface area (Å²) in [6, 6.07) is -0.881. The van der Waals surface area contributed by atoms with E-state index in [-0.39, 0.29) is 31.5 Å². The molecule has 0 aromatic heterocycles. The van der Waals surface area contributed by atoms with Crippen LogP contribution in [0.3, 0.4) is 0 Å². The molecule has 0 saturated carbocycles. The molecule has 83 heavy (non-hydrogen) atoms. The summed E-state index contributed by atoms with van der Waals surface area (Å²) >= 11 is 0. The highest BCUT2D eigenvalue weighted by Crippen LogP contribution is 2.38. The molecular formula is C73H145N2O7P. The first-order valence-corrected chi connectivity index (χ1v) is 38.5. The number of esters is 1. The average Bonchev–Trinajstić information content (AvgIpc) is 3.48. The summed E-state index contributed by atoms with van der Waals surface area (Å²) in [4.78, 5) is 40.2. The molecule has 1 N–H and O–H groups in total. The van der Waals surface area contributed by atoms with E-state index >= 15 is 0 Å². The SMILES string of the molecule is CCCCCCCCCCCCC/C=C/C(OC(=O)CCCCCCCCCCCCCCCCCCCCCCC)C(COP(=O)([O-])OCC[N+](C)(C)C)NC(=O)CCCCCCCCCCCCCCCCCCCCCCCCC. The molecule has 0 rings (SSSR count). The van der Waals surface area contributed by atoms with Gasteiger partial charge in [0.25, 0.3) is 7.82 Å². The van der Waals surface area contributed by atoms with Gasteiger partial charge in [0.2, 0.25) is 5.91 Å². The number of rotatable bonds is 69. The van der Waals surface area contributed by atoms with Crippen LogP contribution >= 0.6 is 7.82 Å². The number of quaternary nitrogens is 1. The van der Waals surface area contributed by atoms with Gasteiger partial charge in [-0.3, -0.25) is 14.2 Å². The molecule has 0 aliphatic rings. The van der Waals surface area contributed by atoms with Gasteiger partial charge in [-0.2, -0.15) is 0 Å². The molecule has 0 radical (unpaired) electrons. The predicted molar refractivity (Wildman–Crippen MR) is 358 cm³/mol. The fourth-order valence-corrected chi connectivity index (χ4v) is 12.3. The number of allylic oxidation sites excluding steroid dienone is 1. The molecule has 10 heteroatoms. The lowest BCUT2D eigenvalue weighted by Crippen LogP contribution is -2.47. The molecule has 9 nitrogen and oxygen atoms in total. The van der Waals surface area contributed by atoms with Gasteiger partial charge >= 0.3 is 5.97 Å². The first-order valence-electron chi connectivity index (χ1n) is 37.0. The number of phosphoric ester groups is 1. The number of likely N-dealkylation sites (N-methyl/N-ethyl adjacent to an activating group) is 1. The van der Waals surface area contributed by atoms with Crippen LogP contribution in [0.15, 0.2) is 12.2 Å². The Morgan fingerprint density at radius 2 is 0.687 bits per heavy atom. The summed E-state index contributed by atoms with van der Waals surface area (Å²) < 4.78 is 30.5. The highest BCUT2D eigenvalue weighted by molar-refractivity contribution is 7.45. The van der Waals surface area contributed by atoms with Crippen LogP contribution in [0.5, 0.6) is 0 Å². The molecular weight excluding hydrogens is 1050 g/mol. The third-order valence-corrected chi connectivity index (χ3v) is 18.2. The largest absolute Gasteiger partial charge is 0.756 e. The zero-order valence-electron chi connectivity index (χ0n) is 56.7. The molecule has 3 unspecified atom stereocenters. The number of nitrogens with zero attached hydrogens (tertiary/aromatic N) is 1. The Morgan fingerprint density at radius 3 is 0.988 bits per heavy atom. The van der Waals surface area contributed by atoms with Crippen LogP contribution in [0.1, 0.15) is 393 Å². The van der Waals surface area contributed by atoms with Crippen molar-refractivity contribution in [1.82, 2.24) is 5.32 Å². The van der Waals surface area contributed by atoms with Crippen LogP contribution in [0, 0.1) is 0 Å². The van der Waals surface area contributed by atoms with Crippen molar-refractivity contribution in [2.45, 2.75) is 405 Å². The van der Waals surface area contributed by atoms with Gasteiger partial charge in [0.05, 0.1) is 33.8 Å². The van der Waals surface area contributed by atoms with Crippen molar-refractivity contribution in [1.29, 1.82) is 0 Å². The third kappa shape index (κ3) is 65.0. The lowest BCUT2D eigenvalue weighted by molar-refractivity contribution is -0.870. The van der Waals surface area contributed by atoms with E-state index < -0.39 is 20.0 Å². The lowest BCUT2D eigenvalue weighted by Gasteiger charge is -2.30. The Balaban J connectivity index is 5.02. The number of hydrogen-bond acceptors (Lipinski definition) is 7. The monoisotopic (exact) mass is 1190 g/mol. The number of carbonyl (C=O) groups excluding carboxylic acids is 2. The number of nitrogens with one attached hydrogen (secondary N) is 1. The molecule has 3 atom stereocenters. The smallest absolute Gasteiger partial charge is 0.306 e. The molecule has 0 heterocycles. The van der Waals surface area contributed by atoms with Gasteiger partial charge in [-0.25, -0.2) is 0 Å². The van der Waals surface area contributed by atoms with Crippen molar-refractivity contribution in [3.8, 4) is 0 Å². The van der Waals surface area contributed by atoms with Crippen LogP contribution in [-0.4, -0.2) is 69.4 Å². The van der Waals surface area contributed by atoms with Crippen molar-refractivity contribution in [3.05, 3.63) is 12.2 Å². The zero-order valence-corrected chi connectivity index (χ0v) is 57.6. The molecule has 0 aromatic rings. The molecule has 0 spiro atoms. The van der Waals surface area contributed by atoms with Crippen LogP contribution in [0.2, 0.25) is 0 Å². The minimum Gasteiger partial charge on any atom is -0.756 e. The first-order chi connectivity index (χ1) is 40.4. The quantitative estimate of drug-likeness (QED) is 0.0212. The van der Waals surface area contributed by atoms with Gasteiger partial charge in [-0.05, 0) is 31.8 Å². The molecule has 0 bridgehead atoms. The van der Waals surface area contributed by atoms with Crippen LogP contribution < -0.4 is 10.2 Å². The highest BCUT2D eigenvalue weighted by Gasteiger charge is 2.27. The summed E-state index contributed by atoms with van der Waals surface area (Å²) in [5.41, 5.74) is 0. The summed E-state index contributed by atoms with van der Waals surface area (Å²) in [6.07, 6.45) is 76.2. The maximum Gasteiger partial charge on any atom is 0.306 e. The van der Waals surface area contributed by atoms with E-state index in [1.807, 2.05) is 33.3 Å². The number of hydrogen-bond donors (Lipinski definition) is 1. The third-order valence-electron chi connectivity index (χ3n) is 17.2. The summed E-state index contributed by atoms with van der Waals surface area (Å²) in [6.45, 7) is 6.94. The Morgan fingerprint density at radius 1 is 0.410 bits per heavy atom. The number of phosphoric acid groups is 1. The number of carbonyl (C=O) groups is 2. The molecule has 0 aromatic carbocycles. The molecule has 0 saturated heterocycles. The fraction of sp³-hybridized carbons (Fsp3) is 0.945. The number of amides is 1. The summed E-state index contributed by atoms with van der Waals surface area (Å²) in [5, 5.41) is 3.06. The Hall–Kier alpha value is -1.25. The molecule has 1 amide bonds. The Kier molecular flexibility index (Phi) is 62.8. The van der Waals surface area contributed by atoms with E-state index in [2.05, 4.69) is 26.1 Å². The second-order valence-corrected chi connectivity index (χ2v) is 28.2. The van der Waals surface area contributed by atoms with Crippen molar-refractivity contribution in [3.63, 3.8) is 0 Å². The van der Waals surface area contributed by atoms with Crippen molar-refractivity contribution in [2.24, 2.45) is 0 Å². The molecule has 0 fully saturated rings. The van der Waals surface area contributed by atoms with Gasteiger partial charge in [-0.15, -0.1) is 0 Å². The van der Waals surface area contributed by atoms with Crippen LogP contribution in [0.4, 0.5) is 0 Å². The van der Waals surface area contributed by atoms with Gasteiger partial charge < -0.3 is 28.5 Å². The summed E-state index contributed by atoms with van der Waals surface area (Å²) in [7, 11) is 1.21. The van der Waals surface area contributed by atoms with E-state index in [9.17, 15) is 19.0 Å². The lowest BCUT2D eigenvalue weighted by atomic mass is 10.0. The Bertz CT molecular complexity index is 1420. The van der Waals surface area contributed by atoms with Gasteiger partial charge in [-0.1, -0.05) is 361 Å². The Labute approximate surface area is 518 Å². The van der Waals surface area contributed by atoms with Crippen LogP contribution in [0.25, 0.3) is 0 Å². The zero-order chi connectivity index (χ0) is 60.7. The van der Waals surface area contributed by atoms with Crippen molar-refractivity contribution in [2.75, 3.05) is 40.9 Å². The van der Waals surface area contributed by atoms with E-state index in [0.717, 1.165) is 57.8 Å². The maximum absolute atomic E-state index is 13.6.